The highest BCUT2D eigenvalue weighted by molar-refractivity contribution is 7.59. The number of rotatable bonds is 11. The number of ether oxygens (including phenoxy) is 1. The van der Waals surface area contributed by atoms with E-state index in [-0.39, 0.29) is 24.8 Å². The summed E-state index contributed by atoms with van der Waals surface area (Å²) in [6, 6.07) is -0.714. The van der Waals surface area contributed by atoms with Crippen molar-refractivity contribution in [1.82, 2.24) is 0 Å². The van der Waals surface area contributed by atoms with Gasteiger partial charge in [0.15, 0.2) is 8.32 Å². The van der Waals surface area contributed by atoms with Gasteiger partial charge in [0.25, 0.3) is 7.57 Å². The van der Waals surface area contributed by atoms with Crippen LogP contribution in [0.4, 0.5) is 0 Å². The van der Waals surface area contributed by atoms with Crippen molar-refractivity contribution in [1.29, 1.82) is 0 Å². The number of aliphatic hydroxyl groups excluding tert-OH is 1. The Morgan fingerprint density at radius 3 is 2.45 bits per heavy atom. The van der Waals surface area contributed by atoms with Gasteiger partial charge in [-0.15, -0.1) is 0 Å². The van der Waals surface area contributed by atoms with Crippen molar-refractivity contribution in [3.8, 4) is 0 Å². The summed E-state index contributed by atoms with van der Waals surface area (Å²) in [5, 5.41) is 9.66. The molecule has 2 unspecified atom stereocenters. The van der Waals surface area contributed by atoms with Crippen LogP contribution in [-0.4, -0.2) is 78.3 Å². The molecule has 0 aromatic rings. The van der Waals surface area contributed by atoms with Gasteiger partial charge in [0.2, 0.25) is 6.54 Å². The van der Waals surface area contributed by atoms with Crippen LogP contribution in [0.5, 0.6) is 0 Å². The number of aliphatic hydroxyl groups is 1. The third kappa shape index (κ3) is 6.41. The summed E-state index contributed by atoms with van der Waals surface area (Å²) in [6.07, 6.45) is 3.75. The topological polar surface area (TPSA) is 70.7 Å². The molecule has 0 spiro atoms. The molecule has 0 saturated carbocycles. The average Bonchev–Trinajstić information content (AvgIpc) is 2.86. The highest BCUT2D eigenvalue weighted by Gasteiger charge is 2.57. The first-order chi connectivity index (χ1) is 13.3. The molecule has 0 amide bonds. The van der Waals surface area contributed by atoms with Gasteiger partial charge in [-0.3, -0.25) is 0 Å². The van der Waals surface area contributed by atoms with Crippen LogP contribution in [0.1, 0.15) is 40.5 Å². The van der Waals surface area contributed by atoms with Crippen LogP contribution in [0.3, 0.4) is 0 Å². The lowest BCUT2D eigenvalue weighted by Gasteiger charge is -2.42. The summed E-state index contributed by atoms with van der Waals surface area (Å²) in [4.78, 5) is 3.29. The molecule has 0 aromatic carbocycles. The average molecular weight is 445 g/mol. The van der Waals surface area contributed by atoms with Gasteiger partial charge in [-0.05, 0) is 30.9 Å². The molecule has 2 radical (unpaired) electrons. The second kappa shape index (κ2) is 10.4. The predicted octanol–water partition coefficient (Wildman–Crippen LogP) is 3.59. The molecule has 1 N–H and O–H groups in total. The van der Waals surface area contributed by atoms with E-state index in [2.05, 4.69) is 45.0 Å². The lowest BCUT2D eigenvalue weighted by Crippen LogP contribution is -2.52. The molecule has 0 aliphatic carbocycles. The first-order valence-corrected chi connectivity index (χ1v) is 14.6. The minimum Gasteiger partial charge on any atom is -0.409 e. The Bertz CT molecular complexity index is 623. The first kappa shape index (κ1) is 26.9. The van der Waals surface area contributed by atoms with Crippen LogP contribution in [0.15, 0.2) is 0 Å². The molecule has 29 heavy (non-hydrogen) atoms. The lowest BCUT2D eigenvalue weighted by atomic mass is 9.86. The Labute approximate surface area is 179 Å². The maximum atomic E-state index is 9.69. The van der Waals surface area contributed by atoms with E-state index in [4.69, 9.17) is 37.2 Å². The molecule has 0 bridgehead atoms. The zero-order chi connectivity index (χ0) is 22.5. The largest absolute Gasteiger partial charge is 0.409 e. The summed E-state index contributed by atoms with van der Waals surface area (Å²) in [5.74, 6) is 0. The van der Waals surface area contributed by atoms with Crippen molar-refractivity contribution < 1.29 is 27.8 Å². The number of hydrogen-bond donors (Lipinski definition) is 1. The van der Waals surface area contributed by atoms with Crippen molar-refractivity contribution in [2.75, 3.05) is 26.9 Å². The fourth-order valence-electron chi connectivity index (χ4n) is 3.06. The fourth-order valence-corrected chi connectivity index (χ4v) is 5.62. The molecule has 1 rings (SSSR count). The highest BCUT2D eigenvalue weighted by Crippen LogP contribution is 2.55. The minimum atomic E-state index is -2.99. The van der Waals surface area contributed by atoms with Gasteiger partial charge in [-0.1, -0.05) is 27.7 Å². The molecule has 166 valence electrons. The Morgan fingerprint density at radius 2 is 2.00 bits per heavy atom. The maximum absolute atomic E-state index is 9.69. The summed E-state index contributed by atoms with van der Waals surface area (Å²) >= 11 is 0. The Kier molecular flexibility index (Phi) is 9.66. The van der Waals surface area contributed by atoms with Gasteiger partial charge >= 0.3 is 0 Å². The summed E-state index contributed by atoms with van der Waals surface area (Å²) in [7, 11) is 2.65. The van der Waals surface area contributed by atoms with Crippen LogP contribution >= 0.6 is 7.57 Å². The molecule has 0 aromatic heterocycles. The van der Waals surface area contributed by atoms with Crippen LogP contribution in [0.2, 0.25) is 18.1 Å². The second-order valence-corrected chi connectivity index (χ2v) is 15.7. The molecule has 1 aliphatic heterocycles. The van der Waals surface area contributed by atoms with Gasteiger partial charge in [0.05, 0.1) is 11.7 Å². The fraction of sp³-hybridized carbons (Fsp3) is 0.895. The van der Waals surface area contributed by atoms with Gasteiger partial charge in [-0.2, -0.15) is 0 Å². The quantitative estimate of drug-likeness (QED) is 0.227. The standard InChI is InChI=1S/C19H37BNO6PSi/c1-10-19(11-13-22)16(26-28(7,23-6)24-14-12-21-5)15(17(20)25-19)27-29(8,9)18(2,3)4/h15-17,22H,7,10-14H2,1-4,6,8-9H3/t15-,16?,17+,19-,28?/m0/s1. The summed E-state index contributed by atoms with van der Waals surface area (Å²) in [5.41, 5.74) is -0.841. The third-order valence-electron chi connectivity index (χ3n) is 5.93. The van der Waals surface area contributed by atoms with Gasteiger partial charge in [-0.25, -0.2) is 6.57 Å². The number of nitrogens with zero attached hydrogens (tertiary/aromatic N) is 1. The molecule has 1 aliphatic rings. The third-order valence-corrected chi connectivity index (χ3v) is 12.1. The zero-order valence-corrected chi connectivity index (χ0v) is 20.8. The lowest BCUT2D eigenvalue weighted by molar-refractivity contribution is -0.0798. The zero-order valence-electron chi connectivity index (χ0n) is 18.9. The van der Waals surface area contributed by atoms with Crippen molar-refractivity contribution in [3.05, 3.63) is 11.4 Å². The van der Waals surface area contributed by atoms with Crippen molar-refractivity contribution in [2.24, 2.45) is 0 Å². The van der Waals surface area contributed by atoms with E-state index in [9.17, 15) is 5.11 Å². The smallest absolute Gasteiger partial charge is 0.251 e. The monoisotopic (exact) mass is 445 g/mol. The van der Waals surface area contributed by atoms with Gasteiger partial charge in [0.1, 0.15) is 20.6 Å². The van der Waals surface area contributed by atoms with Gasteiger partial charge < -0.3 is 32.7 Å². The van der Waals surface area contributed by atoms with Crippen molar-refractivity contribution in [2.45, 2.75) is 82.5 Å². The van der Waals surface area contributed by atoms with E-state index in [1.54, 1.807) is 0 Å². The van der Waals surface area contributed by atoms with Crippen LogP contribution in [0, 0.1) is 6.57 Å². The molecule has 1 fully saturated rings. The summed E-state index contributed by atoms with van der Waals surface area (Å²) < 4.78 is 30.3. The Hall–Kier alpha value is -0.168. The van der Waals surface area contributed by atoms with Gasteiger partial charge in [0, 0.05) is 26.1 Å². The van der Waals surface area contributed by atoms with E-state index < -0.39 is 39.7 Å². The normalized spacial score (nSPS) is 30.1. The first-order valence-electron chi connectivity index (χ1n) is 9.99. The Balaban J connectivity index is 3.28. The van der Waals surface area contributed by atoms with Crippen molar-refractivity contribution >= 4 is 30.0 Å². The molecule has 5 atom stereocenters. The SMILES string of the molecule is [B][C@@H]1O[C@@](CC)(CCO)C(OP(=C)(OC)OCC[N+]#[C-])[C@@H]1O[Si](C)(C)C(C)(C)C. The molecule has 7 nitrogen and oxygen atoms in total. The second-order valence-electron chi connectivity index (χ2n) is 8.85. The maximum Gasteiger partial charge on any atom is 0.251 e. The van der Waals surface area contributed by atoms with E-state index in [0.29, 0.717) is 12.8 Å². The predicted molar refractivity (Wildman–Crippen MR) is 121 cm³/mol. The number of hydrogen-bond acceptors (Lipinski definition) is 6. The van der Waals surface area contributed by atoms with E-state index in [1.807, 2.05) is 6.92 Å². The Morgan fingerprint density at radius 1 is 1.38 bits per heavy atom. The molecule has 10 heteroatoms. The molecule has 1 heterocycles. The van der Waals surface area contributed by atoms with E-state index in [0.717, 1.165) is 0 Å². The molecular weight excluding hydrogens is 408 g/mol. The minimum absolute atomic E-state index is 0.0319. The van der Waals surface area contributed by atoms with E-state index in [1.165, 1.54) is 7.11 Å². The van der Waals surface area contributed by atoms with Crippen LogP contribution in [0.25, 0.3) is 4.85 Å². The van der Waals surface area contributed by atoms with Crippen LogP contribution in [-0.2, 0) is 22.7 Å². The van der Waals surface area contributed by atoms with E-state index >= 15 is 0 Å². The molecular formula is C19H37BNO6PSi. The summed E-state index contributed by atoms with van der Waals surface area (Å²) in [6.45, 7) is 19.9. The highest BCUT2D eigenvalue weighted by atomic mass is 31.2. The van der Waals surface area contributed by atoms with Crippen molar-refractivity contribution in [3.63, 3.8) is 0 Å². The van der Waals surface area contributed by atoms with Crippen LogP contribution < -0.4 is 0 Å². The molecule has 1 saturated heterocycles.